The zero-order valence-corrected chi connectivity index (χ0v) is 9.84. The van der Waals surface area contributed by atoms with Gasteiger partial charge >= 0.3 is 5.97 Å². The molecule has 5 nitrogen and oxygen atoms in total. The number of carboxylic acids is 1. The molecule has 1 aromatic rings. The lowest BCUT2D eigenvalue weighted by Crippen LogP contribution is -2.10. The molecule has 0 aliphatic heterocycles. The molecule has 0 unspecified atom stereocenters. The molecule has 0 aliphatic carbocycles. The van der Waals surface area contributed by atoms with E-state index in [0.29, 0.717) is 11.4 Å². The van der Waals surface area contributed by atoms with Gasteiger partial charge in [-0.1, -0.05) is 6.58 Å². The number of amides is 1. The zero-order chi connectivity index (χ0) is 13.5. The Hall–Kier alpha value is -2.56. The monoisotopic (exact) mass is 247 g/mol. The largest absolute Gasteiger partial charge is 0.478 e. The van der Waals surface area contributed by atoms with Crippen LogP contribution in [0.5, 0.6) is 5.75 Å². The van der Waals surface area contributed by atoms with Crippen LogP contribution in [0, 0.1) is 0 Å². The molecule has 0 atom stereocenters. The normalized spacial score (nSPS) is 10.6. The number of ether oxygens (including phenoxy) is 1. The third-order valence-corrected chi connectivity index (χ3v) is 2.03. The molecule has 0 aromatic heterocycles. The molecular formula is C13H13NO4. The summed E-state index contributed by atoms with van der Waals surface area (Å²) >= 11 is 0. The van der Waals surface area contributed by atoms with E-state index in [-0.39, 0.29) is 5.57 Å². The highest BCUT2D eigenvalue weighted by Gasteiger charge is 2.04. The summed E-state index contributed by atoms with van der Waals surface area (Å²) in [5.74, 6) is -1.02. The molecule has 2 N–H and O–H groups in total. The Kier molecular flexibility index (Phi) is 4.68. The summed E-state index contributed by atoms with van der Waals surface area (Å²) in [7, 11) is 0. The van der Waals surface area contributed by atoms with Crippen LogP contribution >= 0.6 is 0 Å². The first-order valence-electron chi connectivity index (χ1n) is 5.13. The molecule has 0 fully saturated rings. The molecule has 18 heavy (non-hydrogen) atoms. The number of anilines is 1. The number of nitrogens with one attached hydrogen (secondary N) is 1. The van der Waals surface area contributed by atoms with Crippen LogP contribution < -0.4 is 10.1 Å². The van der Waals surface area contributed by atoms with Crippen LogP contribution in [0.2, 0.25) is 0 Å². The Morgan fingerprint density at radius 1 is 1.33 bits per heavy atom. The average Bonchev–Trinajstić information content (AvgIpc) is 2.31. The molecule has 5 heteroatoms. The molecule has 0 saturated carbocycles. The van der Waals surface area contributed by atoms with Crippen LogP contribution in [0.3, 0.4) is 0 Å². The molecule has 1 aromatic carbocycles. The van der Waals surface area contributed by atoms with E-state index in [1.165, 1.54) is 13.2 Å². The van der Waals surface area contributed by atoms with E-state index in [2.05, 4.69) is 11.9 Å². The summed E-state index contributed by atoms with van der Waals surface area (Å²) < 4.78 is 5.02. The number of carbonyl (C=O) groups excluding carboxylic acids is 1. The standard InChI is InChI=1S/C13H13NO4/c1-3-18-11-6-4-10(5-7-11)14-12(15)8-9(2)13(16)17/h3-8H,1H2,2H3,(H,14,15)(H,16,17)/b9-8+. The smallest absolute Gasteiger partial charge is 0.331 e. The minimum Gasteiger partial charge on any atom is -0.478 e. The highest BCUT2D eigenvalue weighted by atomic mass is 16.5. The second-order valence-electron chi connectivity index (χ2n) is 3.43. The molecular weight excluding hydrogens is 234 g/mol. The molecule has 0 radical (unpaired) electrons. The number of rotatable bonds is 5. The quantitative estimate of drug-likeness (QED) is 0.617. The first-order chi connectivity index (χ1) is 8.52. The SMILES string of the molecule is C=COc1ccc(NC(=O)/C=C(\C)C(=O)O)cc1. The van der Waals surface area contributed by atoms with Gasteiger partial charge in [-0.3, -0.25) is 4.79 Å². The van der Waals surface area contributed by atoms with Gasteiger partial charge in [-0.2, -0.15) is 0 Å². The Bertz CT molecular complexity index is 488. The minimum atomic E-state index is -1.13. The molecule has 94 valence electrons. The fourth-order valence-electron chi connectivity index (χ4n) is 1.15. The van der Waals surface area contributed by atoms with Crippen LogP contribution in [0.4, 0.5) is 5.69 Å². The van der Waals surface area contributed by atoms with Gasteiger partial charge in [0.1, 0.15) is 5.75 Å². The Morgan fingerprint density at radius 3 is 2.44 bits per heavy atom. The number of carboxylic acid groups (broad SMARTS) is 1. The second-order valence-corrected chi connectivity index (χ2v) is 3.43. The maximum atomic E-state index is 11.4. The summed E-state index contributed by atoms with van der Waals surface area (Å²) in [4.78, 5) is 22.0. The first-order valence-corrected chi connectivity index (χ1v) is 5.13. The molecule has 0 saturated heterocycles. The fraction of sp³-hybridized carbons (Fsp3) is 0.0769. The average molecular weight is 247 g/mol. The van der Waals surface area contributed by atoms with Crippen LogP contribution in [0.1, 0.15) is 6.92 Å². The zero-order valence-electron chi connectivity index (χ0n) is 9.84. The second kappa shape index (κ2) is 6.24. The van der Waals surface area contributed by atoms with Crippen molar-refractivity contribution in [3.63, 3.8) is 0 Å². The maximum Gasteiger partial charge on any atom is 0.331 e. The lowest BCUT2D eigenvalue weighted by molar-refractivity contribution is -0.132. The van der Waals surface area contributed by atoms with Crippen molar-refractivity contribution in [2.75, 3.05) is 5.32 Å². The summed E-state index contributed by atoms with van der Waals surface area (Å²) in [5, 5.41) is 11.2. The van der Waals surface area contributed by atoms with E-state index in [4.69, 9.17) is 9.84 Å². The Labute approximate surface area is 104 Å². The van der Waals surface area contributed by atoms with Crippen molar-refractivity contribution in [3.05, 3.63) is 48.8 Å². The molecule has 1 amide bonds. The summed E-state index contributed by atoms with van der Waals surface area (Å²) in [6, 6.07) is 6.59. The van der Waals surface area contributed by atoms with Gasteiger partial charge in [-0.25, -0.2) is 4.79 Å². The first kappa shape index (κ1) is 13.5. The summed E-state index contributed by atoms with van der Waals surface area (Å²) in [5.41, 5.74) is 0.518. The van der Waals surface area contributed by atoms with Crippen molar-refractivity contribution in [3.8, 4) is 5.75 Å². The van der Waals surface area contributed by atoms with Crippen molar-refractivity contribution in [2.45, 2.75) is 6.92 Å². The van der Waals surface area contributed by atoms with Crippen LogP contribution in [0.25, 0.3) is 0 Å². The third-order valence-electron chi connectivity index (χ3n) is 2.03. The molecule has 0 heterocycles. The van der Waals surface area contributed by atoms with Crippen LogP contribution in [-0.2, 0) is 9.59 Å². The lowest BCUT2D eigenvalue weighted by Gasteiger charge is -2.04. The predicted octanol–water partition coefficient (Wildman–Crippen LogP) is 2.18. The number of hydrogen-bond acceptors (Lipinski definition) is 3. The predicted molar refractivity (Wildman–Crippen MR) is 67.3 cm³/mol. The highest BCUT2D eigenvalue weighted by molar-refractivity contribution is 6.04. The van der Waals surface area contributed by atoms with Gasteiger partial charge in [0.05, 0.1) is 6.26 Å². The Balaban J connectivity index is 2.67. The van der Waals surface area contributed by atoms with E-state index in [1.807, 2.05) is 0 Å². The van der Waals surface area contributed by atoms with Crippen LogP contribution in [-0.4, -0.2) is 17.0 Å². The van der Waals surface area contributed by atoms with E-state index >= 15 is 0 Å². The summed E-state index contributed by atoms with van der Waals surface area (Å²) in [6.07, 6.45) is 2.32. The molecule has 1 rings (SSSR count). The van der Waals surface area contributed by atoms with Gasteiger partial charge in [0, 0.05) is 17.3 Å². The molecule has 0 spiro atoms. The van der Waals surface area contributed by atoms with E-state index < -0.39 is 11.9 Å². The van der Waals surface area contributed by atoms with E-state index in [1.54, 1.807) is 24.3 Å². The number of carbonyl (C=O) groups is 2. The van der Waals surface area contributed by atoms with Crippen molar-refractivity contribution in [1.82, 2.24) is 0 Å². The minimum absolute atomic E-state index is 0.0286. The van der Waals surface area contributed by atoms with Gasteiger partial charge in [-0.05, 0) is 31.2 Å². The molecule has 0 bridgehead atoms. The maximum absolute atomic E-state index is 11.4. The number of hydrogen-bond donors (Lipinski definition) is 2. The molecule has 0 aliphatic rings. The summed E-state index contributed by atoms with van der Waals surface area (Å²) in [6.45, 7) is 4.77. The lowest BCUT2D eigenvalue weighted by atomic mass is 10.2. The highest BCUT2D eigenvalue weighted by Crippen LogP contribution is 2.15. The number of aliphatic carboxylic acids is 1. The van der Waals surface area contributed by atoms with Gasteiger partial charge in [0.2, 0.25) is 5.91 Å². The fourth-order valence-corrected chi connectivity index (χ4v) is 1.15. The van der Waals surface area contributed by atoms with Crippen molar-refractivity contribution < 1.29 is 19.4 Å². The van der Waals surface area contributed by atoms with Gasteiger partial charge in [0.25, 0.3) is 0 Å². The van der Waals surface area contributed by atoms with Crippen molar-refractivity contribution >= 4 is 17.6 Å². The van der Waals surface area contributed by atoms with Gasteiger partial charge in [0.15, 0.2) is 0 Å². The van der Waals surface area contributed by atoms with E-state index in [9.17, 15) is 9.59 Å². The van der Waals surface area contributed by atoms with Crippen molar-refractivity contribution in [1.29, 1.82) is 0 Å². The number of benzene rings is 1. The van der Waals surface area contributed by atoms with Gasteiger partial charge in [-0.15, -0.1) is 0 Å². The topological polar surface area (TPSA) is 75.6 Å². The third kappa shape index (κ3) is 4.13. The van der Waals surface area contributed by atoms with Crippen molar-refractivity contribution in [2.24, 2.45) is 0 Å². The van der Waals surface area contributed by atoms with E-state index in [0.717, 1.165) is 6.08 Å². The Morgan fingerprint density at radius 2 is 1.94 bits per heavy atom. The van der Waals surface area contributed by atoms with Crippen LogP contribution in [0.15, 0.2) is 48.8 Å². The van der Waals surface area contributed by atoms with Gasteiger partial charge < -0.3 is 15.2 Å².